The van der Waals surface area contributed by atoms with Gasteiger partial charge in [-0.1, -0.05) is 5.16 Å². The molecule has 17 nitrogen and oxygen atoms in total. The molecule has 1 unspecified atom stereocenters. The lowest BCUT2D eigenvalue weighted by Gasteiger charge is -2.50. The van der Waals surface area contributed by atoms with E-state index in [1.807, 2.05) is 0 Å². The molecule has 6 rings (SSSR count). The van der Waals surface area contributed by atoms with Crippen LogP contribution in [0.4, 0.5) is 10.8 Å². The second-order valence-corrected chi connectivity index (χ2v) is 13.4. The Balaban J connectivity index is 1.36. The number of ether oxygens (including phenoxy) is 1. The maximum atomic E-state index is 13.7. The van der Waals surface area contributed by atoms with Crippen molar-refractivity contribution >= 4 is 69.2 Å². The molecule has 2 saturated heterocycles. The summed E-state index contributed by atoms with van der Waals surface area (Å²) >= 11 is 2.17. The van der Waals surface area contributed by atoms with Gasteiger partial charge in [-0.3, -0.25) is 29.1 Å². The zero-order valence-corrected chi connectivity index (χ0v) is 28.3. The molecule has 0 saturated carbocycles. The smallest absolute Gasteiger partial charge is 0.352 e. The fourth-order valence-electron chi connectivity index (χ4n) is 6.16. The van der Waals surface area contributed by atoms with Crippen LogP contribution in [0.2, 0.25) is 0 Å². The summed E-state index contributed by atoms with van der Waals surface area (Å²) in [5.41, 5.74) is 6.38. The van der Waals surface area contributed by atoms with Crippen LogP contribution in [-0.2, 0) is 24.0 Å². The Hall–Kier alpha value is -5.95. The van der Waals surface area contributed by atoms with Crippen molar-refractivity contribution in [2.45, 2.75) is 30.2 Å². The van der Waals surface area contributed by atoms with Gasteiger partial charge in [0.25, 0.3) is 11.8 Å². The number of carbonyl (C=O) groups excluding carboxylic acids is 4. The number of nitrogens with two attached hydrogens (primary N) is 1. The van der Waals surface area contributed by atoms with E-state index < -0.39 is 52.6 Å². The quantitative estimate of drug-likeness (QED) is 0.0367. The number of methoxy groups -OCH3 is 1. The van der Waals surface area contributed by atoms with Gasteiger partial charge < -0.3 is 41.8 Å². The maximum absolute atomic E-state index is 13.7. The number of hydrogen-bond acceptors (Lipinski definition) is 14. The Labute approximate surface area is 297 Å². The predicted octanol–water partition coefficient (Wildman–Crippen LogP) is 1.38. The third-order valence-corrected chi connectivity index (χ3v) is 10.4. The van der Waals surface area contributed by atoms with Gasteiger partial charge in [0.05, 0.1) is 7.11 Å². The maximum Gasteiger partial charge on any atom is 0.352 e. The van der Waals surface area contributed by atoms with Crippen LogP contribution in [0, 0.1) is 0 Å². The molecule has 19 heteroatoms. The highest BCUT2D eigenvalue weighted by atomic mass is 32.2. The van der Waals surface area contributed by atoms with Crippen molar-refractivity contribution in [3.05, 3.63) is 81.8 Å². The Morgan fingerprint density at radius 3 is 2.61 bits per heavy atom. The molecule has 3 aliphatic rings. The van der Waals surface area contributed by atoms with Gasteiger partial charge in [0.1, 0.15) is 22.8 Å². The van der Waals surface area contributed by atoms with E-state index in [2.05, 4.69) is 31.1 Å². The van der Waals surface area contributed by atoms with Crippen LogP contribution in [0.1, 0.15) is 30.0 Å². The predicted molar refractivity (Wildman–Crippen MR) is 184 cm³/mol. The molecule has 0 radical (unpaired) electrons. The van der Waals surface area contributed by atoms with E-state index in [0.717, 1.165) is 28.0 Å². The molecule has 3 aliphatic heterocycles. The number of benzene rings is 1. The molecule has 1 aromatic carbocycles. The number of carboxylic acids is 1. The number of β-lactam (4-membered cyclic amide) rings is 1. The number of nitrogens with zero attached hydrogens (tertiary/aromatic N) is 4. The summed E-state index contributed by atoms with van der Waals surface area (Å²) in [4.78, 5) is 75.7. The van der Waals surface area contributed by atoms with Gasteiger partial charge in [0, 0.05) is 59.7 Å². The summed E-state index contributed by atoms with van der Waals surface area (Å²) in [6, 6.07) is 6.42. The van der Waals surface area contributed by atoms with Crippen LogP contribution in [0.15, 0.2) is 75.7 Å². The molecule has 0 spiro atoms. The Morgan fingerprint density at radius 2 is 1.98 bits per heavy atom. The van der Waals surface area contributed by atoms with E-state index >= 15 is 0 Å². The second-order valence-electron chi connectivity index (χ2n) is 11.4. The molecule has 51 heavy (non-hydrogen) atoms. The first-order valence-corrected chi connectivity index (χ1v) is 17.2. The molecule has 3 aromatic rings. The number of nitrogens with one attached hydrogen (secondary N) is 3. The monoisotopic (exact) mass is 734 g/mol. The number of phenolic OH excluding ortho intramolecular Hbond substituents is 1. The number of aliphatic carboxylic acids is 1. The number of anilines is 2. The lowest BCUT2D eigenvalue weighted by atomic mass is 9.80. The molecular weight excluding hydrogens is 705 g/mol. The van der Waals surface area contributed by atoms with E-state index in [0.29, 0.717) is 11.3 Å². The number of phenols is 1. The van der Waals surface area contributed by atoms with Crippen molar-refractivity contribution in [3.8, 4) is 11.5 Å². The topological polar surface area (TPSA) is 259 Å². The highest BCUT2D eigenvalue weighted by molar-refractivity contribution is 8.00. The number of nitrogen functional groups attached to an aromatic ring is 1. The number of oxime groups is 1. The Kier molecular flexibility index (Phi) is 9.92. The summed E-state index contributed by atoms with van der Waals surface area (Å²) in [5.74, 6) is -4.91. The molecule has 2 fully saturated rings. The first-order chi connectivity index (χ1) is 24.5. The SMILES string of the molecule is COc1cc(NC(=O)CC(C(=C2CCNC2=O)C2=C(C(=O)O)N3C(=O)[C@@H](NC(=O)C(=NO)c4csc(N)n4)[C@H]3SC2)c2ccncc2)ccc1O. The minimum atomic E-state index is -1.45. The number of pyridine rings is 1. The minimum Gasteiger partial charge on any atom is -0.504 e. The largest absolute Gasteiger partial charge is 0.504 e. The summed E-state index contributed by atoms with van der Waals surface area (Å²) in [6.07, 6.45) is 3.00. The van der Waals surface area contributed by atoms with Crippen molar-refractivity contribution in [1.29, 1.82) is 0 Å². The number of amides is 4. The van der Waals surface area contributed by atoms with Crippen molar-refractivity contribution < 1.29 is 44.1 Å². The fraction of sp³-hybridized carbons (Fsp3) is 0.250. The molecule has 2 aromatic heterocycles. The molecule has 8 N–H and O–H groups in total. The average molecular weight is 735 g/mol. The number of aromatic hydroxyl groups is 1. The molecule has 0 aliphatic carbocycles. The Morgan fingerprint density at radius 1 is 1.22 bits per heavy atom. The van der Waals surface area contributed by atoms with Gasteiger partial charge >= 0.3 is 5.97 Å². The average Bonchev–Trinajstić information content (AvgIpc) is 3.75. The van der Waals surface area contributed by atoms with Crippen LogP contribution in [0.25, 0.3) is 0 Å². The number of rotatable bonds is 11. The number of aromatic nitrogens is 2. The standard InChI is InChI=1S/C32H30N8O9S2/c1-49-21-10-15(2-3-20(21)41)36-22(42)11-17(14-4-7-34-8-5-14)23(16-6-9-35-27(16)43)18-12-50-30-25(29(45)40(30)26(18)31(46)47)38-28(44)24(39-48)19-13-51-32(33)37-19/h2-5,7-8,10,13,17,25,30,41,48H,6,9,11-12H2,1H3,(H2,33,37)(H,35,43)(H,36,42)(H,38,44)(H,46,47)/t17?,25-,30-/m1/s1. The van der Waals surface area contributed by atoms with Crippen molar-refractivity contribution in [3.63, 3.8) is 0 Å². The first-order valence-electron chi connectivity index (χ1n) is 15.3. The molecule has 3 atom stereocenters. The second kappa shape index (κ2) is 14.5. The number of carbonyl (C=O) groups is 5. The summed E-state index contributed by atoms with van der Waals surface area (Å²) in [7, 11) is 1.37. The number of thioether (sulfide) groups is 1. The number of thiazole rings is 1. The van der Waals surface area contributed by atoms with Gasteiger partial charge in [0.15, 0.2) is 22.3 Å². The van der Waals surface area contributed by atoms with Crippen LogP contribution >= 0.6 is 23.1 Å². The van der Waals surface area contributed by atoms with Crippen LogP contribution in [0.3, 0.4) is 0 Å². The third kappa shape index (κ3) is 6.80. The third-order valence-electron chi connectivity index (χ3n) is 8.43. The zero-order valence-electron chi connectivity index (χ0n) is 26.7. The lowest BCUT2D eigenvalue weighted by Crippen LogP contribution is -2.71. The zero-order chi connectivity index (χ0) is 36.4. The van der Waals surface area contributed by atoms with E-state index in [-0.39, 0.29) is 69.9 Å². The van der Waals surface area contributed by atoms with E-state index in [4.69, 9.17) is 10.5 Å². The molecular formula is C32H30N8O9S2. The van der Waals surface area contributed by atoms with Crippen LogP contribution in [0.5, 0.6) is 11.5 Å². The minimum absolute atomic E-state index is 0.00348. The molecule has 264 valence electrons. The van der Waals surface area contributed by atoms with E-state index in [1.54, 1.807) is 12.1 Å². The summed E-state index contributed by atoms with van der Waals surface area (Å²) in [6.45, 7) is 0.280. The molecule has 0 bridgehead atoms. The van der Waals surface area contributed by atoms with Gasteiger partial charge in [-0.25, -0.2) is 9.78 Å². The highest BCUT2D eigenvalue weighted by Crippen LogP contribution is 2.47. The van der Waals surface area contributed by atoms with Crippen LogP contribution in [-0.4, -0.2) is 96.4 Å². The number of fused-ring (bicyclic) bond motifs is 1. The van der Waals surface area contributed by atoms with Crippen molar-refractivity contribution in [2.75, 3.05) is 30.5 Å². The van der Waals surface area contributed by atoms with E-state index in [1.165, 1.54) is 43.1 Å². The van der Waals surface area contributed by atoms with Gasteiger partial charge in [-0.2, -0.15) is 0 Å². The lowest BCUT2D eigenvalue weighted by molar-refractivity contribution is -0.150. The van der Waals surface area contributed by atoms with E-state index in [9.17, 15) is 39.4 Å². The number of carboxylic acid groups (broad SMARTS) is 1. The molecule has 5 heterocycles. The van der Waals surface area contributed by atoms with Crippen molar-refractivity contribution in [2.24, 2.45) is 5.16 Å². The summed E-state index contributed by atoms with van der Waals surface area (Å²) in [5, 5.41) is 41.8. The normalized spacial score (nSPS) is 20.2. The first kappa shape index (κ1) is 34.9. The van der Waals surface area contributed by atoms with Gasteiger partial charge in [-0.05, 0) is 47.4 Å². The fourth-order valence-corrected chi connectivity index (χ4v) is 8.07. The Bertz CT molecular complexity index is 2030. The summed E-state index contributed by atoms with van der Waals surface area (Å²) < 4.78 is 5.15. The molecule has 4 amide bonds. The van der Waals surface area contributed by atoms with Crippen LogP contribution < -0.4 is 26.4 Å². The van der Waals surface area contributed by atoms with Crippen molar-refractivity contribution in [1.82, 2.24) is 25.5 Å². The van der Waals surface area contributed by atoms with Gasteiger partial charge in [-0.15, -0.1) is 23.1 Å². The number of hydrogen-bond donors (Lipinski definition) is 7. The van der Waals surface area contributed by atoms with Gasteiger partial charge in [0.2, 0.25) is 11.8 Å². The highest BCUT2D eigenvalue weighted by Gasteiger charge is 2.55. The number of allylic oxidation sites excluding steroid dienone is 1.